The highest BCUT2D eigenvalue weighted by Crippen LogP contribution is 2.21. The molecule has 3 nitrogen and oxygen atoms in total. The van der Waals surface area contributed by atoms with Crippen molar-refractivity contribution in [3.63, 3.8) is 0 Å². The van der Waals surface area contributed by atoms with E-state index >= 15 is 0 Å². The van der Waals surface area contributed by atoms with Crippen LogP contribution in [0.1, 0.15) is 36.4 Å². The molecule has 0 aliphatic carbocycles. The van der Waals surface area contributed by atoms with Gasteiger partial charge in [0.15, 0.2) is 11.4 Å². The van der Waals surface area contributed by atoms with Crippen LogP contribution < -0.4 is 4.90 Å². The number of hydrogen-bond donors (Lipinski definition) is 0. The summed E-state index contributed by atoms with van der Waals surface area (Å²) in [7, 11) is 0. The van der Waals surface area contributed by atoms with Gasteiger partial charge in [0.05, 0.1) is 11.1 Å². The molecule has 0 saturated carbocycles. The Hall–Kier alpha value is -0.900. The Kier molecular flexibility index (Phi) is 4.59. The molecule has 0 unspecified atom stereocenters. The number of thiazole rings is 1. The van der Waals surface area contributed by atoms with E-state index in [1.165, 1.54) is 11.3 Å². The summed E-state index contributed by atoms with van der Waals surface area (Å²) in [6, 6.07) is 0. The van der Waals surface area contributed by atoms with Crippen LogP contribution in [0.5, 0.6) is 0 Å². The van der Waals surface area contributed by atoms with Crippen molar-refractivity contribution in [3.05, 3.63) is 11.1 Å². The number of carbonyl (C=O) groups excluding carboxylic acids is 1. The quantitative estimate of drug-likeness (QED) is 0.679. The average Bonchev–Trinajstić information content (AvgIpc) is 2.65. The zero-order valence-electron chi connectivity index (χ0n) is 8.69. The molecule has 1 heterocycles. The predicted octanol–water partition coefficient (Wildman–Crippen LogP) is 2.58. The van der Waals surface area contributed by atoms with Crippen molar-refractivity contribution < 1.29 is 4.79 Å². The first-order valence-electron chi connectivity index (χ1n) is 4.97. The van der Waals surface area contributed by atoms with Crippen molar-refractivity contribution in [1.29, 1.82) is 0 Å². The van der Waals surface area contributed by atoms with Crippen LogP contribution in [0.2, 0.25) is 0 Å². The van der Waals surface area contributed by atoms with E-state index in [0.717, 1.165) is 37.3 Å². The SMILES string of the molecule is CCCN(CCC)c1ncc(C=O)s1. The molecule has 0 radical (unpaired) electrons. The number of aromatic nitrogens is 1. The number of nitrogens with zero attached hydrogens (tertiary/aromatic N) is 2. The third kappa shape index (κ3) is 2.80. The average molecular weight is 212 g/mol. The minimum Gasteiger partial charge on any atom is -0.348 e. The molecule has 0 N–H and O–H groups in total. The van der Waals surface area contributed by atoms with E-state index in [9.17, 15) is 4.79 Å². The molecule has 0 spiro atoms. The van der Waals surface area contributed by atoms with E-state index in [2.05, 4.69) is 23.7 Å². The number of anilines is 1. The zero-order chi connectivity index (χ0) is 10.4. The molecule has 0 bridgehead atoms. The molecule has 0 saturated heterocycles. The van der Waals surface area contributed by atoms with Gasteiger partial charge in [-0.05, 0) is 12.8 Å². The normalized spacial score (nSPS) is 10.1. The third-order valence-electron chi connectivity index (χ3n) is 1.89. The van der Waals surface area contributed by atoms with Gasteiger partial charge < -0.3 is 4.90 Å². The summed E-state index contributed by atoms with van der Waals surface area (Å²) in [6.45, 7) is 6.33. The maximum absolute atomic E-state index is 10.5. The number of carbonyl (C=O) groups is 1. The molecular weight excluding hydrogens is 196 g/mol. The summed E-state index contributed by atoms with van der Waals surface area (Å²) in [4.78, 5) is 17.7. The first-order valence-corrected chi connectivity index (χ1v) is 5.79. The van der Waals surface area contributed by atoms with Gasteiger partial charge in [-0.1, -0.05) is 25.2 Å². The highest BCUT2D eigenvalue weighted by molar-refractivity contribution is 7.17. The Morgan fingerprint density at radius 1 is 1.43 bits per heavy atom. The molecule has 78 valence electrons. The maximum atomic E-state index is 10.5. The Balaban J connectivity index is 2.70. The molecule has 14 heavy (non-hydrogen) atoms. The van der Waals surface area contributed by atoms with Gasteiger partial charge in [-0.2, -0.15) is 0 Å². The smallest absolute Gasteiger partial charge is 0.185 e. The summed E-state index contributed by atoms with van der Waals surface area (Å²) in [5, 5.41) is 0.968. The predicted molar refractivity (Wildman–Crippen MR) is 60.3 cm³/mol. The van der Waals surface area contributed by atoms with Crippen LogP contribution in [0, 0.1) is 0 Å². The van der Waals surface area contributed by atoms with Crippen molar-refractivity contribution in [3.8, 4) is 0 Å². The lowest BCUT2D eigenvalue weighted by molar-refractivity contribution is 0.112. The Bertz CT molecular complexity index is 279. The lowest BCUT2D eigenvalue weighted by Crippen LogP contribution is -2.24. The van der Waals surface area contributed by atoms with E-state index in [1.54, 1.807) is 6.20 Å². The molecular formula is C10H16N2OS. The monoisotopic (exact) mass is 212 g/mol. The van der Waals surface area contributed by atoms with Gasteiger partial charge in [0.25, 0.3) is 0 Å². The van der Waals surface area contributed by atoms with Gasteiger partial charge >= 0.3 is 0 Å². The van der Waals surface area contributed by atoms with E-state index in [0.29, 0.717) is 4.88 Å². The second-order valence-corrected chi connectivity index (χ2v) is 4.19. The van der Waals surface area contributed by atoms with Crippen molar-refractivity contribution in [2.75, 3.05) is 18.0 Å². The van der Waals surface area contributed by atoms with Crippen molar-refractivity contribution in [2.45, 2.75) is 26.7 Å². The van der Waals surface area contributed by atoms with Crippen LogP contribution >= 0.6 is 11.3 Å². The van der Waals surface area contributed by atoms with E-state index in [4.69, 9.17) is 0 Å². The summed E-state index contributed by atoms with van der Waals surface area (Å²) in [6.07, 6.45) is 4.72. The molecule has 1 aromatic rings. The summed E-state index contributed by atoms with van der Waals surface area (Å²) in [5.74, 6) is 0. The first-order chi connectivity index (χ1) is 6.81. The molecule has 0 aliphatic rings. The summed E-state index contributed by atoms with van der Waals surface area (Å²) < 4.78 is 0. The minimum atomic E-state index is 0.706. The van der Waals surface area contributed by atoms with Crippen molar-refractivity contribution >= 4 is 22.8 Å². The standard InChI is InChI=1S/C10H16N2OS/c1-3-5-12(6-4-2)10-11-7-9(8-13)14-10/h7-8H,3-6H2,1-2H3. The number of aldehydes is 1. The Labute approximate surface area is 88.8 Å². The third-order valence-corrected chi connectivity index (χ3v) is 2.87. The molecule has 1 rings (SSSR count). The first kappa shape index (κ1) is 11.2. The highest BCUT2D eigenvalue weighted by Gasteiger charge is 2.08. The van der Waals surface area contributed by atoms with E-state index in [-0.39, 0.29) is 0 Å². The second-order valence-electron chi connectivity index (χ2n) is 3.15. The van der Waals surface area contributed by atoms with Crippen molar-refractivity contribution in [2.24, 2.45) is 0 Å². The fourth-order valence-corrected chi connectivity index (χ4v) is 2.10. The van der Waals surface area contributed by atoms with E-state index in [1.807, 2.05) is 0 Å². The van der Waals surface area contributed by atoms with Crippen LogP contribution in [0.4, 0.5) is 5.13 Å². The largest absolute Gasteiger partial charge is 0.348 e. The zero-order valence-corrected chi connectivity index (χ0v) is 9.51. The fourth-order valence-electron chi connectivity index (χ4n) is 1.32. The molecule has 0 amide bonds. The van der Waals surface area contributed by atoms with E-state index < -0.39 is 0 Å². The molecule has 1 aromatic heterocycles. The van der Waals surface area contributed by atoms with Crippen LogP contribution in [0.25, 0.3) is 0 Å². The van der Waals surface area contributed by atoms with Crippen LogP contribution in [0.15, 0.2) is 6.20 Å². The van der Waals surface area contributed by atoms with Crippen LogP contribution in [-0.2, 0) is 0 Å². The minimum absolute atomic E-state index is 0.706. The Morgan fingerprint density at radius 2 is 2.07 bits per heavy atom. The van der Waals surface area contributed by atoms with Gasteiger partial charge in [0.2, 0.25) is 0 Å². The van der Waals surface area contributed by atoms with Crippen molar-refractivity contribution in [1.82, 2.24) is 4.98 Å². The Morgan fingerprint density at radius 3 is 2.50 bits per heavy atom. The van der Waals surface area contributed by atoms with Gasteiger partial charge in [-0.15, -0.1) is 0 Å². The number of rotatable bonds is 6. The van der Waals surface area contributed by atoms with Gasteiger partial charge in [0, 0.05) is 13.1 Å². The van der Waals surface area contributed by atoms with Crippen LogP contribution in [-0.4, -0.2) is 24.4 Å². The summed E-state index contributed by atoms with van der Waals surface area (Å²) >= 11 is 1.47. The molecule has 0 atom stereocenters. The molecule has 0 aliphatic heterocycles. The van der Waals surface area contributed by atoms with Gasteiger partial charge in [0.1, 0.15) is 0 Å². The van der Waals surface area contributed by atoms with Gasteiger partial charge in [-0.25, -0.2) is 4.98 Å². The topological polar surface area (TPSA) is 33.2 Å². The maximum Gasteiger partial charge on any atom is 0.185 e. The molecule has 4 heteroatoms. The van der Waals surface area contributed by atoms with Crippen LogP contribution in [0.3, 0.4) is 0 Å². The lowest BCUT2D eigenvalue weighted by Gasteiger charge is -2.19. The highest BCUT2D eigenvalue weighted by atomic mass is 32.1. The van der Waals surface area contributed by atoms with Gasteiger partial charge in [-0.3, -0.25) is 4.79 Å². The number of hydrogen-bond acceptors (Lipinski definition) is 4. The fraction of sp³-hybridized carbons (Fsp3) is 0.600. The molecule has 0 aromatic carbocycles. The lowest BCUT2D eigenvalue weighted by atomic mass is 10.4. The molecule has 0 fully saturated rings. The second kappa shape index (κ2) is 5.75. The summed E-state index contributed by atoms with van der Waals surface area (Å²) in [5.41, 5.74) is 0.